The van der Waals surface area contributed by atoms with Gasteiger partial charge >= 0.3 is 0 Å². The largest absolute Gasteiger partial charge is 0.310 e. The Morgan fingerprint density at radius 1 is 1.15 bits per heavy atom. The van der Waals surface area contributed by atoms with Gasteiger partial charge in [-0.2, -0.15) is 0 Å². The molecule has 1 nitrogen and oxygen atoms in total. The van der Waals surface area contributed by atoms with Crippen molar-refractivity contribution in [3.63, 3.8) is 0 Å². The summed E-state index contributed by atoms with van der Waals surface area (Å²) in [6, 6.07) is 12.9. The second kappa shape index (κ2) is 6.87. The molecule has 0 aliphatic heterocycles. The first-order valence-electron chi connectivity index (χ1n) is 6.94. The van der Waals surface area contributed by atoms with Gasteiger partial charge in [0.05, 0.1) is 0 Å². The zero-order chi connectivity index (χ0) is 14.5. The summed E-state index contributed by atoms with van der Waals surface area (Å²) in [7, 11) is 0. The number of nitrogens with one attached hydrogen (secondary N) is 1. The molecule has 3 heteroatoms. The SMILES string of the molecule is CCNC(CC)c1cccc(-c2cc(F)ccc2Cl)c1. The Morgan fingerprint density at radius 2 is 1.95 bits per heavy atom. The molecule has 2 rings (SSSR count). The number of benzene rings is 2. The lowest BCUT2D eigenvalue weighted by Gasteiger charge is -2.17. The van der Waals surface area contributed by atoms with Gasteiger partial charge in [-0.1, -0.05) is 43.6 Å². The molecule has 106 valence electrons. The Labute approximate surface area is 124 Å². The predicted octanol–water partition coefficient (Wildman–Crippen LogP) is 5.21. The van der Waals surface area contributed by atoms with E-state index in [0.717, 1.165) is 24.1 Å². The fourth-order valence-electron chi connectivity index (χ4n) is 2.39. The van der Waals surface area contributed by atoms with Crippen molar-refractivity contribution in [2.45, 2.75) is 26.3 Å². The number of rotatable bonds is 5. The smallest absolute Gasteiger partial charge is 0.123 e. The molecule has 1 N–H and O–H groups in total. The second-order valence-electron chi connectivity index (χ2n) is 4.77. The van der Waals surface area contributed by atoms with Gasteiger partial charge in [0.15, 0.2) is 0 Å². The van der Waals surface area contributed by atoms with E-state index < -0.39 is 0 Å². The first-order valence-corrected chi connectivity index (χ1v) is 7.32. The zero-order valence-corrected chi connectivity index (χ0v) is 12.5. The highest BCUT2D eigenvalue weighted by Gasteiger charge is 2.10. The normalized spacial score (nSPS) is 12.4. The minimum Gasteiger partial charge on any atom is -0.310 e. The predicted molar refractivity (Wildman–Crippen MR) is 83.6 cm³/mol. The van der Waals surface area contributed by atoms with Crippen LogP contribution in [-0.2, 0) is 0 Å². The van der Waals surface area contributed by atoms with E-state index >= 15 is 0 Å². The maximum absolute atomic E-state index is 13.4. The molecular formula is C17H19ClFN. The molecule has 0 saturated carbocycles. The number of halogens is 2. The summed E-state index contributed by atoms with van der Waals surface area (Å²) in [6.07, 6.45) is 1.01. The first-order chi connectivity index (χ1) is 9.65. The summed E-state index contributed by atoms with van der Waals surface area (Å²) < 4.78 is 13.4. The summed E-state index contributed by atoms with van der Waals surface area (Å²) >= 11 is 6.18. The molecule has 0 aliphatic carbocycles. The van der Waals surface area contributed by atoms with Crippen LogP contribution in [0.5, 0.6) is 0 Å². The minimum absolute atomic E-state index is 0.270. The van der Waals surface area contributed by atoms with Crippen molar-refractivity contribution in [3.8, 4) is 11.1 Å². The van der Waals surface area contributed by atoms with Crippen LogP contribution in [0.25, 0.3) is 11.1 Å². The van der Waals surface area contributed by atoms with Crippen LogP contribution in [0.15, 0.2) is 42.5 Å². The van der Waals surface area contributed by atoms with Gasteiger partial charge in [-0.05, 0) is 48.4 Å². The van der Waals surface area contributed by atoms with Crippen molar-refractivity contribution in [1.29, 1.82) is 0 Å². The van der Waals surface area contributed by atoms with Crippen molar-refractivity contribution in [2.75, 3.05) is 6.54 Å². The Morgan fingerprint density at radius 3 is 2.65 bits per heavy atom. The molecule has 0 fully saturated rings. The molecule has 0 radical (unpaired) electrons. The summed E-state index contributed by atoms with van der Waals surface area (Å²) in [6.45, 7) is 5.16. The van der Waals surface area contributed by atoms with E-state index in [9.17, 15) is 4.39 Å². The average Bonchev–Trinajstić information content (AvgIpc) is 2.47. The lowest BCUT2D eigenvalue weighted by Crippen LogP contribution is -2.19. The van der Waals surface area contributed by atoms with E-state index in [2.05, 4.69) is 31.3 Å². The second-order valence-corrected chi connectivity index (χ2v) is 5.18. The minimum atomic E-state index is -0.270. The van der Waals surface area contributed by atoms with Gasteiger partial charge in [0.1, 0.15) is 5.82 Å². The Balaban J connectivity index is 2.41. The van der Waals surface area contributed by atoms with E-state index in [4.69, 9.17) is 11.6 Å². The molecule has 1 unspecified atom stereocenters. The molecule has 0 aromatic heterocycles. The highest BCUT2D eigenvalue weighted by molar-refractivity contribution is 6.33. The lowest BCUT2D eigenvalue weighted by atomic mass is 9.98. The molecular weight excluding hydrogens is 273 g/mol. The van der Waals surface area contributed by atoms with Crippen LogP contribution in [0.3, 0.4) is 0 Å². The third kappa shape index (κ3) is 3.38. The van der Waals surface area contributed by atoms with E-state index in [1.165, 1.54) is 17.7 Å². The van der Waals surface area contributed by atoms with Crippen LogP contribution in [0.1, 0.15) is 31.9 Å². The topological polar surface area (TPSA) is 12.0 Å². The van der Waals surface area contributed by atoms with Gasteiger partial charge in [0, 0.05) is 16.6 Å². The summed E-state index contributed by atoms with van der Waals surface area (Å²) in [4.78, 5) is 0. The summed E-state index contributed by atoms with van der Waals surface area (Å²) in [5, 5.41) is 4.02. The van der Waals surface area contributed by atoms with Crippen molar-refractivity contribution in [1.82, 2.24) is 5.32 Å². The van der Waals surface area contributed by atoms with Crippen molar-refractivity contribution < 1.29 is 4.39 Å². The summed E-state index contributed by atoms with van der Waals surface area (Å²) in [5.74, 6) is -0.270. The fraction of sp³-hybridized carbons (Fsp3) is 0.294. The van der Waals surface area contributed by atoms with E-state index in [0.29, 0.717) is 11.1 Å². The van der Waals surface area contributed by atoms with Crippen molar-refractivity contribution in [3.05, 3.63) is 58.9 Å². The molecule has 0 saturated heterocycles. The van der Waals surface area contributed by atoms with Gasteiger partial charge in [-0.25, -0.2) is 4.39 Å². The first kappa shape index (κ1) is 15.0. The molecule has 0 heterocycles. The Kier molecular flexibility index (Phi) is 5.16. The van der Waals surface area contributed by atoms with Crippen molar-refractivity contribution >= 4 is 11.6 Å². The van der Waals surface area contributed by atoms with E-state index in [1.807, 2.05) is 12.1 Å². The standard InChI is InChI=1S/C17H19ClFN/c1-3-17(20-4-2)13-7-5-6-12(10-13)15-11-14(19)8-9-16(15)18/h5-11,17,20H,3-4H2,1-2H3. The third-order valence-electron chi connectivity index (χ3n) is 3.39. The van der Waals surface area contributed by atoms with Crippen LogP contribution < -0.4 is 5.32 Å². The third-order valence-corrected chi connectivity index (χ3v) is 3.72. The quantitative estimate of drug-likeness (QED) is 0.797. The fourth-order valence-corrected chi connectivity index (χ4v) is 2.61. The van der Waals surface area contributed by atoms with Crippen LogP contribution in [-0.4, -0.2) is 6.54 Å². The molecule has 2 aromatic carbocycles. The van der Waals surface area contributed by atoms with Crippen molar-refractivity contribution in [2.24, 2.45) is 0 Å². The van der Waals surface area contributed by atoms with Gasteiger partial charge < -0.3 is 5.32 Å². The van der Waals surface area contributed by atoms with Crippen LogP contribution in [0.2, 0.25) is 5.02 Å². The molecule has 1 atom stereocenters. The molecule has 20 heavy (non-hydrogen) atoms. The number of hydrogen-bond donors (Lipinski definition) is 1. The van der Waals surface area contributed by atoms with Crippen LogP contribution in [0, 0.1) is 5.82 Å². The monoisotopic (exact) mass is 291 g/mol. The molecule has 2 aromatic rings. The van der Waals surface area contributed by atoms with Gasteiger partial charge in [-0.3, -0.25) is 0 Å². The van der Waals surface area contributed by atoms with Gasteiger partial charge in [0.25, 0.3) is 0 Å². The zero-order valence-electron chi connectivity index (χ0n) is 11.8. The maximum atomic E-state index is 13.4. The summed E-state index contributed by atoms with van der Waals surface area (Å²) in [5.41, 5.74) is 2.88. The van der Waals surface area contributed by atoms with E-state index in [-0.39, 0.29) is 5.82 Å². The molecule has 0 spiro atoms. The van der Waals surface area contributed by atoms with Gasteiger partial charge in [-0.15, -0.1) is 0 Å². The highest BCUT2D eigenvalue weighted by atomic mass is 35.5. The molecule has 0 bridgehead atoms. The number of hydrogen-bond acceptors (Lipinski definition) is 1. The lowest BCUT2D eigenvalue weighted by molar-refractivity contribution is 0.537. The Hall–Kier alpha value is -1.38. The average molecular weight is 292 g/mol. The Bertz CT molecular complexity index is 583. The van der Waals surface area contributed by atoms with E-state index in [1.54, 1.807) is 6.07 Å². The van der Waals surface area contributed by atoms with Crippen LogP contribution in [0.4, 0.5) is 4.39 Å². The molecule has 0 amide bonds. The van der Waals surface area contributed by atoms with Gasteiger partial charge in [0.2, 0.25) is 0 Å². The maximum Gasteiger partial charge on any atom is 0.123 e. The van der Waals surface area contributed by atoms with Crippen LogP contribution >= 0.6 is 11.6 Å². The molecule has 0 aliphatic rings. The highest BCUT2D eigenvalue weighted by Crippen LogP contribution is 2.30.